The van der Waals surface area contributed by atoms with Gasteiger partial charge in [-0.1, -0.05) is 65.2 Å². The molecule has 0 saturated heterocycles. The minimum atomic E-state index is 0.359. The molecule has 0 aromatic rings. The van der Waals surface area contributed by atoms with E-state index in [4.69, 9.17) is 5.11 Å². The number of aliphatic hydroxyl groups excluding tert-OH is 1. The van der Waals surface area contributed by atoms with Crippen LogP contribution in [0.3, 0.4) is 0 Å². The summed E-state index contributed by atoms with van der Waals surface area (Å²) in [4.78, 5) is 0. The summed E-state index contributed by atoms with van der Waals surface area (Å²) in [6, 6.07) is 0. The maximum absolute atomic E-state index is 8.74. The molecule has 0 amide bonds. The first-order valence-electron chi connectivity index (χ1n) is 6.42. The first-order valence-corrected chi connectivity index (χ1v) is 6.42. The average Bonchev–Trinajstić information content (AvgIpc) is 2.17. The quantitative estimate of drug-likeness (QED) is 0.525. The minimum Gasteiger partial charge on any atom is -0.396 e. The van der Waals surface area contributed by atoms with E-state index in [1.807, 2.05) is 0 Å². The van der Waals surface area contributed by atoms with Crippen LogP contribution in [0.5, 0.6) is 0 Å². The molecule has 86 valence electrons. The molecular weight excluding hydrogens is 172 g/mol. The third-order valence-electron chi connectivity index (χ3n) is 2.92. The van der Waals surface area contributed by atoms with Crippen molar-refractivity contribution < 1.29 is 5.11 Å². The Kier molecular flexibility index (Phi) is 11.0. The third kappa shape index (κ3) is 10.0. The number of aliphatic hydroxyl groups is 1. The van der Waals surface area contributed by atoms with Gasteiger partial charge in [0, 0.05) is 6.61 Å². The van der Waals surface area contributed by atoms with E-state index in [0.29, 0.717) is 6.61 Å². The fourth-order valence-electron chi connectivity index (χ4n) is 1.81. The Hall–Kier alpha value is -0.0400. The Balaban J connectivity index is 2.98. The molecular formula is C13H28O. The first-order chi connectivity index (χ1) is 6.81. The number of unbranched alkanes of at least 4 members (excludes halogenated alkanes) is 6. The molecule has 1 nitrogen and oxygen atoms in total. The molecule has 0 aliphatic heterocycles. The zero-order valence-electron chi connectivity index (χ0n) is 10.1. The zero-order valence-corrected chi connectivity index (χ0v) is 10.1. The molecule has 0 rings (SSSR count). The second kappa shape index (κ2) is 11.0. The zero-order chi connectivity index (χ0) is 10.6. The summed E-state index contributed by atoms with van der Waals surface area (Å²) in [5.41, 5.74) is 0. The van der Waals surface area contributed by atoms with E-state index in [1.54, 1.807) is 0 Å². The third-order valence-corrected chi connectivity index (χ3v) is 2.92. The highest BCUT2D eigenvalue weighted by Crippen LogP contribution is 2.14. The molecule has 1 heteroatoms. The van der Waals surface area contributed by atoms with Gasteiger partial charge >= 0.3 is 0 Å². The van der Waals surface area contributed by atoms with Gasteiger partial charge in [0.25, 0.3) is 0 Å². The van der Waals surface area contributed by atoms with Crippen molar-refractivity contribution in [3.05, 3.63) is 0 Å². The highest BCUT2D eigenvalue weighted by Gasteiger charge is 2.00. The summed E-state index contributed by atoms with van der Waals surface area (Å²) in [7, 11) is 0. The average molecular weight is 200 g/mol. The molecule has 0 aromatic heterocycles. The van der Waals surface area contributed by atoms with Crippen LogP contribution in [-0.4, -0.2) is 11.7 Å². The Morgan fingerprint density at radius 2 is 1.43 bits per heavy atom. The van der Waals surface area contributed by atoms with Crippen LogP contribution < -0.4 is 0 Å². The van der Waals surface area contributed by atoms with Crippen LogP contribution in [-0.2, 0) is 0 Å². The number of hydrogen-bond acceptors (Lipinski definition) is 1. The molecule has 0 fully saturated rings. The molecule has 0 saturated carbocycles. The van der Waals surface area contributed by atoms with E-state index in [2.05, 4.69) is 13.8 Å². The van der Waals surface area contributed by atoms with Gasteiger partial charge in [-0.3, -0.25) is 0 Å². The maximum Gasteiger partial charge on any atom is 0.0433 e. The summed E-state index contributed by atoms with van der Waals surface area (Å²) in [6.45, 7) is 4.86. The van der Waals surface area contributed by atoms with Crippen molar-refractivity contribution in [2.75, 3.05) is 6.61 Å². The molecule has 0 spiro atoms. The van der Waals surface area contributed by atoms with Gasteiger partial charge in [0.2, 0.25) is 0 Å². The lowest BCUT2D eigenvalue weighted by molar-refractivity contribution is 0.256. The molecule has 0 aromatic carbocycles. The van der Waals surface area contributed by atoms with E-state index in [0.717, 1.165) is 12.3 Å². The Morgan fingerprint density at radius 1 is 0.857 bits per heavy atom. The van der Waals surface area contributed by atoms with Crippen molar-refractivity contribution in [3.63, 3.8) is 0 Å². The van der Waals surface area contributed by atoms with Gasteiger partial charge in [0.15, 0.2) is 0 Å². The van der Waals surface area contributed by atoms with Gasteiger partial charge in [0.1, 0.15) is 0 Å². The van der Waals surface area contributed by atoms with Crippen LogP contribution in [0.15, 0.2) is 0 Å². The summed E-state index contributed by atoms with van der Waals surface area (Å²) in [5.74, 6) is 0.718. The fourth-order valence-corrected chi connectivity index (χ4v) is 1.81. The van der Waals surface area contributed by atoms with E-state index < -0.39 is 0 Å². The molecule has 0 radical (unpaired) electrons. The van der Waals surface area contributed by atoms with Gasteiger partial charge in [0.05, 0.1) is 0 Å². The van der Waals surface area contributed by atoms with Crippen LogP contribution >= 0.6 is 0 Å². The van der Waals surface area contributed by atoms with Crippen molar-refractivity contribution in [1.82, 2.24) is 0 Å². The van der Waals surface area contributed by atoms with Crippen LogP contribution in [0, 0.1) is 5.92 Å². The molecule has 0 bridgehead atoms. The lowest BCUT2D eigenvalue weighted by atomic mass is 9.99. The van der Waals surface area contributed by atoms with Crippen molar-refractivity contribution >= 4 is 0 Å². The van der Waals surface area contributed by atoms with E-state index in [1.165, 1.54) is 51.4 Å². The lowest BCUT2D eigenvalue weighted by Crippen LogP contribution is -1.97. The van der Waals surface area contributed by atoms with E-state index in [9.17, 15) is 0 Å². The van der Waals surface area contributed by atoms with Crippen LogP contribution in [0.1, 0.15) is 71.6 Å². The summed E-state index contributed by atoms with van der Waals surface area (Å²) in [6.07, 6.45) is 12.0. The molecule has 1 unspecified atom stereocenters. The first kappa shape index (κ1) is 14.0. The van der Waals surface area contributed by atoms with Crippen molar-refractivity contribution in [3.8, 4) is 0 Å². The molecule has 1 N–H and O–H groups in total. The van der Waals surface area contributed by atoms with Crippen LogP contribution in [0.4, 0.5) is 0 Å². The molecule has 0 heterocycles. The Morgan fingerprint density at radius 3 is 2.00 bits per heavy atom. The summed E-state index contributed by atoms with van der Waals surface area (Å²) < 4.78 is 0. The predicted octanol–water partition coefficient (Wildman–Crippen LogP) is 4.15. The van der Waals surface area contributed by atoms with Crippen molar-refractivity contribution in [2.45, 2.75) is 71.6 Å². The SMILES string of the molecule is CCCCCCCCCC(C)CCO. The fraction of sp³-hybridized carbons (Fsp3) is 1.00. The van der Waals surface area contributed by atoms with Gasteiger partial charge < -0.3 is 5.11 Å². The van der Waals surface area contributed by atoms with Crippen LogP contribution in [0.25, 0.3) is 0 Å². The molecule has 0 aliphatic carbocycles. The van der Waals surface area contributed by atoms with Gasteiger partial charge in [-0.15, -0.1) is 0 Å². The molecule has 1 atom stereocenters. The van der Waals surface area contributed by atoms with Gasteiger partial charge in [-0.25, -0.2) is 0 Å². The van der Waals surface area contributed by atoms with E-state index >= 15 is 0 Å². The second-order valence-electron chi connectivity index (χ2n) is 4.53. The van der Waals surface area contributed by atoms with Crippen molar-refractivity contribution in [2.24, 2.45) is 5.92 Å². The van der Waals surface area contributed by atoms with Crippen molar-refractivity contribution in [1.29, 1.82) is 0 Å². The normalized spacial score (nSPS) is 13.1. The monoisotopic (exact) mass is 200 g/mol. The summed E-state index contributed by atoms with van der Waals surface area (Å²) >= 11 is 0. The van der Waals surface area contributed by atoms with Gasteiger partial charge in [-0.05, 0) is 12.3 Å². The van der Waals surface area contributed by atoms with E-state index in [-0.39, 0.29) is 0 Å². The highest BCUT2D eigenvalue weighted by molar-refractivity contribution is 4.53. The standard InChI is InChI=1S/C13H28O/c1-3-4-5-6-7-8-9-10-13(2)11-12-14/h13-14H,3-12H2,1-2H3. The van der Waals surface area contributed by atoms with Gasteiger partial charge in [-0.2, -0.15) is 0 Å². The summed E-state index contributed by atoms with van der Waals surface area (Å²) in [5, 5.41) is 8.74. The molecule has 0 aliphatic rings. The predicted molar refractivity (Wildman–Crippen MR) is 63.5 cm³/mol. The van der Waals surface area contributed by atoms with Crippen LogP contribution in [0.2, 0.25) is 0 Å². The largest absolute Gasteiger partial charge is 0.396 e. The molecule has 14 heavy (non-hydrogen) atoms. The Labute approximate surface area is 89.9 Å². The minimum absolute atomic E-state index is 0.359. The smallest absolute Gasteiger partial charge is 0.0433 e. The lowest BCUT2D eigenvalue weighted by Gasteiger charge is -2.08. The highest BCUT2D eigenvalue weighted by atomic mass is 16.3. The number of rotatable bonds is 10. The topological polar surface area (TPSA) is 20.2 Å². The number of hydrogen-bond donors (Lipinski definition) is 1. The second-order valence-corrected chi connectivity index (χ2v) is 4.53. The Bertz CT molecular complexity index is 101. The maximum atomic E-state index is 8.74.